The zero-order valence-electron chi connectivity index (χ0n) is 17.7. The van der Waals surface area contributed by atoms with Gasteiger partial charge >= 0.3 is 10.1 Å². The lowest BCUT2D eigenvalue weighted by Crippen LogP contribution is -2.13. The summed E-state index contributed by atoms with van der Waals surface area (Å²) in [6.45, 7) is 1.85. The van der Waals surface area contributed by atoms with Crippen molar-refractivity contribution in [2.45, 2.75) is 11.8 Å². The zero-order valence-corrected chi connectivity index (χ0v) is 20.7. The molecule has 0 spiro atoms. The van der Waals surface area contributed by atoms with Crippen molar-refractivity contribution in [1.29, 1.82) is 5.26 Å². The Bertz CT molecular complexity index is 1350. The first-order valence-corrected chi connectivity index (χ1v) is 12.1. The van der Waals surface area contributed by atoms with Crippen LogP contribution in [0, 0.1) is 21.8 Å². The van der Waals surface area contributed by atoms with Crippen LogP contribution in [-0.4, -0.2) is 21.4 Å². The maximum Gasteiger partial charge on any atom is 0.339 e. The Labute approximate surface area is 205 Å². The Hall–Kier alpha value is -3.36. The molecule has 1 N–H and O–H groups in total. The summed E-state index contributed by atoms with van der Waals surface area (Å²) in [6.07, 6.45) is 1.39. The van der Waals surface area contributed by atoms with Crippen LogP contribution >= 0.6 is 22.6 Å². The summed E-state index contributed by atoms with van der Waals surface area (Å²) in [5.74, 6) is -0.410. The van der Waals surface area contributed by atoms with E-state index >= 15 is 0 Å². The Morgan fingerprint density at radius 2 is 1.76 bits per heavy atom. The third kappa shape index (κ3) is 6.12. The van der Waals surface area contributed by atoms with Crippen molar-refractivity contribution < 1.29 is 22.1 Å². The fraction of sp³-hybridized carbons (Fsp3) is 0.0833. The average molecular weight is 574 g/mol. The maximum atomic E-state index is 12.7. The molecule has 0 heterocycles. The van der Waals surface area contributed by atoms with Crippen LogP contribution in [0.3, 0.4) is 0 Å². The number of rotatable bonds is 7. The number of methoxy groups -OCH3 is 1. The molecule has 3 aromatic carbocycles. The van der Waals surface area contributed by atoms with E-state index in [9.17, 15) is 18.5 Å². The summed E-state index contributed by atoms with van der Waals surface area (Å²) in [4.78, 5) is 12.5. The lowest BCUT2D eigenvalue weighted by molar-refractivity contribution is -0.112. The van der Waals surface area contributed by atoms with Gasteiger partial charge in [-0.05, 0) is 77.6 Å². The number of hydrogen-bond acceptors (Lipinski definition) is 6. The van der Waals surface area contributed by atoms with Crippen LogP contribution in [0.5, 0.6) is 11.5 Å². The van der Waals surface area contributed by atoms with E-state index in [4.69, 9.17) is 8.92 Å². The van der Waals surface area contributed by atoms with E-state index in [0.29, 0.717) is 14.8 Å². The van der Waals surface area contributed by atoms with Gasteiger partial charge in [0.25, 0.3) is 5.91 Å². The second-order valence-electron chi connectivity index (χ2n) is 6.87. The average Bonchev–Trinajstić information content (AvgIpc) is 2.79. The first-order valence-electron chi connectivity index (χ1n) is 9.60. The molecule has 0 saturated heterocycles. The first kappa shape index (κ1) is 24.3. The number of halogens is 1. The highest BCUT2D eigenvalue weighted by molar-refractivity contribution is 14.1. The minimum atomic E-state index is -4.09. The summed E-state index contributed by atoms with van der Waals surface area (Å²) in [5, 5.41) is 12.1. The Balaban J connectivity index is 1.91. The highest BCUT2D eigenvalue weighted by Gasteiger charge is 2.22. The van der Waals surface area contributed by atoms with Gasteiger partial charge in [0.05, 0.1) is 10.7 Å². The summed E-state index contributed by atoms with van der Waals surface area (Å²) in [5.41, 5.74) is 1.82. The standard InChI is InChI=1S/C24H19IN2O5S/c1-16-8-10-20(11-9-16)33(29,30)32-23-21(25)13-17(14-22(23)31-2)12-18(15-26)24(28)27-19-6-4-3-5-7-19/h3-14H,1-2H3,(H,27,28)/b18-12+. The van der Waals surface area contributed by atoms with E-state index in [1.54, 1.807) is 42.5 Å². The Kier molecular flexibility index (Phi) is 7.73. The molecule has 0 aliphatic rings. The summed E-state index contributed by atoms with van der Waals surface area (Å²) >= 11 is 1.91. The fourth-order valence-corrected chi connectivity index (χ4v) is 4.64. The molecule has 0 radical (unpaired) electrons. The van der Waals surface area contributed by atoms with Crippen LogP contribution < -0.4 is 14.2 Å². The number of carbonyl (C=O) groups is 1. The van der Waals surface area contributed by atoms with Gasteiger partial charge in [-0.15, -0.1) is 0 Å². The number of anilines is 1. The van der Waals surface area contributed by atoms with Gasteiger partial charge in [0.15, 0.2) is 11.5 Å². The predicted molar refractivity (Wildman–Crippen MR) is 133 cm³/mol. The molecule has 0 unspecified atom stereocenters. The van der Waals surface area contributed by atoms with E-state index in [0.717, 1.165) is 5.56 Å². The molecule has 3 rings (SSSR count). The molecule has 0 atom stereocenters. The van der Waals surface area contributed by atoms with Gasteiger partial charge in [-0.1, -0.05) is 35.9 Å². The van der Waals surface area contributed by atoms with Gasteiger partial charge < -0.3 is 14.2 Å². The third-order valence-corrected chi connectivity index (χ3v) is 6.50. The van der Waals surface area contributed by atoms with Crippen molar-refractivity contribution in [1.82, 2.24) is 0 Å². The van der Waals surface area contributed by atoms with Gasteiger partial charge in [-0.2, -0.15) is 13.7 Å². The van der Waals surface area contributed by atoms with Crippen molar-refractivity contribution >= 4 is 50.4 Å². The van der Waals surface area contributed by atoms with Crippen molar-refractivity contribution in [2.75, 3.05) is 12.4 Å². The van der Waals surface area contributed by atoms with E-state index in [1.807, 2.05) is 41.7 Å². The monoisotopic (exact) mass is 574 g/mol. The highest BCUT2D eigenvalue weighted by atomic mass is 127. The van der Waals surface area contributed by atoms with Crippen LogP contribution in [0.15, 0.2) is 77.2 Å². The molecule has 9 heteroatoms. The topological polar surface area (TPSA) is 105 Å². The summed E-state index contributed by atoms with van der Waals surface area (Å²) < 4.78 is 36.6. The number of ether oxygens (including phenoxy) is 1. The van der Waals surface area contributed by atoms with Gasteiger partial charge in [-0.25, -0.2) is 0 Å². The molecule has 0 aromatic heterocycles. The SMILES string of the molecule is COc1cc(/C=C(\C#N)C(=O)Nc2ccccc2)cc(I)c1OS(=O)(=O)c1ccc(C)cc1. The molecule has 0 saturated carbocycles. The largest absolute Gasteiger partial charge is 0.493 e. The summed E-state index contributed by atoms with van der Waals surface area (Å²) in [7, 11) is -2.72. The van der Waals surface area contributed by atoms with Gasteiger partial charge in [-0.3, -0.25) is 4.79 Å². The molecule has 33 heavy (non-hydrogen) atoms. The summed E-state index contributed by atoms with van der Waals surface area (Å²) in [6, 6.07) is 20.0. The molecule has 0 fully saturated rings. The lowest BCUT2D eigenvalue weighted by atomic mass is 10.1. The van der Waals surface area contributed by atoms with Crippen molar-refractivity contribution in [2.24, 2.45) is 0 Å². The maximum absolute atomic E-state index is 12.7. The minimum absolute atomic E-state index is 0.0132. The van der Waals surface area contributed by atoms with Crippen LogP contribution in [0.2, 0.25) is 0 Å². The van der Waals surface area contributed by atoms with Gasteiger partial charge in [0.1, 0.15) is 16.5 Å². The molecule has 0 aliphatic carbocycles. The number of amides is 1. The number of aryl methyl sites for hydroxylation is 1. The molecule has 1 amide bonds. The van der Waals surface area contributed by atoms with E-state index in [-0.39, 0.29) is 22.0 Å². The molecular formula is C24H19IN2O5S. The number of nitrogens with zero attached hydrogens (tertiary/aromatic N) is 1. The van der Waals surface area contributed by atoms with Crippen molar-refractivity contribution in [3.05, 3.63) is 87.0 Å². The first-order chi connectivity index (χ1) is 15.7. The van der Waals surface area contributed by atoms with E-state index in [1.165, 1.54) is 31.4 Å². The van der Waals surface area contributed by atoms with Crippen LogP contribution in [-0.2, 0) is 14.9 Å². The van der Waals surface area contributed by atoms with E-state index < -0.39 is 16.0 Å². The van der Waals surface area contributed by atoms with Crippen LogP contribution in [0.4, 0.5) is 5.69 Å². The Morgan fingerprint density at radius 1 is 1.09 bits per heavy atom. The fourth-order valence-electron chi connectivity index (χ4n) is 2.80. The van der Waals surface area contributed by atoms with Gasteiger partial charge in [0.2, 0.25) is 0 Å². The number of carbonyl (C=O) groups excluding carboxylic acids is 1. The second kappa shape index (κ2) is 10.5. The number of benzene rings is 3. The molecule has 3 aromatic rings. The smallest absolute Gasteiger partial charge is 0.339 e. The third-order valence-electron chi connectivity index (χ3n) is 4.46. The molecular weight excluding hydrogens is 555 g/mol. The predicted octanol–water partition coefficient (Wildman–Crippen LogP) is 4.92. The normalized spacial score (nSPS) is 11.4. The molecule has 168 valence electrons. The minimum Gasteiger partial charge on any atom is -0.493 e. The van der Waals surface area contributed by atoms with Gasteiger partial charge in [0, 0.05) is 5.69 Å². The van der Waals surface area contributed by atoms with Crippen LogP contribution in [0.1, 0.15) is 11.1 Å². The zero-order chi connectivity index (χ0) is 24.0. The number of para-hydroxylation sites is 1. The molecule has 0 bridgehead atoms. The second-order valence-corrected chi connectivity index (χ2v) is 9.58. The van der Waals surface area contributed by atoms with Crippen molar-refractivity contribution in [3.63, 3.8) is 0 Å². The molecule has 0 aliphatic heterocycles. The number of nitriles is 1. The van der Waals surface area contributed by atoms with E-state index in [2.05, 4.69) is 5.32 Å². The Morgan fingerprint density at radius 3 is 2.36 bits per heavy atom. The number of nitrogens with one attached hydrogen (secondary N) is 1. The highest BCUT2D eigenvalue weighted by Crippen LogP contribution is 2.36. The lowest BCUT2D eigenvalue weighted by Gasteiger charge is -2.14. The molecule has 7 nitrogen and oxygen atoms in total. The van der Waals surface area contributed by atoms with Crippen molar-refractivity contribution in [3.8, 4) is 17.6 Å². The van der Waals surface area contributed by atoms with Crippen LogP contribution in [0.25, 0.3) is 6.08 Å². The quantitative estimate of drug-likeness (QED) is 0.186. The number of hydrogen-bond donors (Lipinski definition) is 1.